The number of fused-ring (bicyclic) bond motifs is 4. The average Bonchev–Trinajstić information content (AvgIpc) is 2.72. The van der Waals surface area contributed by atoms with E-state index in [9.17, 15) is 13.2 Å². The van der Waals surface area contributed by atoms with Gasteiger partial charge in [-0.05, 0) is 31.7 Å². The van der Waals surface area contributed by atoms with E-state index in [2.05, 4.69) is 4.90 Å². The second kappa shape index (κ2) is 6.83. The van der Waals surface area contributed by atoms with E-state index in [0.717, 1.165) is 37.2 Å². The third-order valence-corrected chi connectivity index (χ3v) is 7.33. The summed E-state index contributed by atoms with van der Waals surface area (Å²) in [6.07, 6.45) is 3.97. The number of piperidine rings is 1. The van der Waals surface area contributed by atoms with Crippen molar-refractivity contribution in [3.8, 4) is 0 Å². The largest absolute Gasteiger partial charge is 0.353 e. The second-order valence-electron chi connectivity index (χ2n) is 7.52. The van der Waals surface area contributed by atoms with Crippen LogP contribution in [0, 0.1) is 5.92 Å². The van der Waals surface area contributed by atoms with Gasteiger partial charge in [0.2, 0.25) is 0 Å². The highest BCUT2D eigenvalue weighted by Gasteiger charge is 2.39. The number of aryl methyl sites for hydroxylation is 1. The van der Waals surface area contributed by atoms with Gasteiger partial charge in [0.05, 0.1) is 0 Å². The Bertz CT molecular complexity index is 756. The van der Waals surface area contributed by atoms with Gasteiger partial charge in [-0.25, -0.2) is 0 Å². The van der Waals surface area contributed by atoms with Crippen LogP contribution in [0.3, 0.4) is 0 Å². The van der Waals surface area contributed by atoms with Gasteiger partial charge < -0.3 is 4.57 Å². The summed E-state index contributed by atoms with van der Waals surface area (Å²) in [4.78, 5) is 14.0. The number of hydrogen-bond acceptors (Lipinski definition) is 4. The third kappa shape index (κ3) is 3.67. The maximum Gasteiger partial charge on any atom is 0.281 e. The maximum absolute atomic E-state index is 12.5. The Labute approximate surface area is 150 Å². The van der Waals surface area contributed by atoms with Crippen LogP contribution in [0.2, 0.25) is 0 Å². The zero-order valence-electron chi connectivity index (χ0n) is 15.5. The van der Waals surface area contributed by atoms with Gasteiger partial charge in [0.1, 0.15) is 0 Å². The molecule has 0 amide bonds. The minimum absolute atomic E-state index is 0.0717. The Hall–Kier alpha value is -1.22. The first-order chi connectivity index (χ1) is 11.7. The summed E-state index contributed by atoms with van der Waals surface area (Å²) in [5, 5.41) is 0. The van der Waals surface area contributed by atoms with Gasteiger partial charge in [0, 0.05) is 70.8 Å². The molecule has 140 valence electrons. The number of rotatable bonds is 5. The number of nitrogens with zero attached hydrogens (tertiary/aromatic N) is 4. The monoisotopic (exact) mass is 368 g/mol. The van der Waals surface area contributed by atoms with Gasteiger partial charge in [-0.2, -0.15) is 17.0 Å². The molecule has 0 saturated carbocycles. The molecule has 25 heavy (non-hydrogen) atoms. The quantitative estimate of drug-likeness (QED) is 0.725. The molecule has 1 aromatic heterocycles. The number of aromatic nitrogens is 1. The molecule has 1 aromatic rings. The predicted molar refractivity (Wildman–Crippen MR) is 96.5 cm³/mol. The van der Waals surface area contributed by atoms with Crippen molar-refractivity contribution in [2.45, 2.75) is 32.4 Å². The van der Waals surface area contributed by atoms with Crippen LogP contribution in [-0.2, 0) is 23.8 Å². The molecule has 4 rings (SSSR count). The predicted octanol–water partition coefficient (Wildman–Crippen LogP) is 0.930. The van der Waals surface area contributed by atoms with Gasteiger partial charge in [-0.3, -0.25) is 9.69 Å². The summed E-state index contributed by atoms with van der Waals surface area (Å²) in [5.74, 6) is 0.434. The van der Waals surface area contributed by atoms with Crippen molar-refractivity contribution in [3.05, 3.63) is 23.5 Å². The highest BCUT2D eigenvalue weighted by atomic mass is 32.2. The van der Waals surface area contributed by atoms with Crippen LogP contribution in [0.1, 0.15) is 35.8 Å². The summed E-state index contributed by atoms with van der Waals surface area (Å²) in [6, 6.07) is 2.18. The fraction of sp³-hybridized carbons (Fsp3) is 0.706. The van der Waals surface area contributed by atoms with E-state index in [0.29, 0.717) is 19.0 Å². The van der Waals surface area contributed by atoms with Crippen LogP contribution in [-0.4, -0.2) is 72.0 Å². The lowest BCUT2D eigenvalue weighted by atomic mass is 9.95. The number of Topliss-reactive ketones (excluding diaryl/α,β-unsaturated/α-hetero) is 1. The van der Waals surface area contributed by atoms with E-state index < -0.39 is 10.2 Å². The molecule has 0 aromatic carbocycles. The van der Waals surface area contributed by atoms with E-state index in [1.165, 1.54) is 4.31 Å². The van der Waals surface area contributed by atoms with Gasteiger partial charge in [0.15, 0.2) is 5.78 Å². The van der Waals surface area contributed by atoms with E-state index in [-0.39, 0.29) is 11.8 Å². The molecule has 0 radical (unpaired) electrons. The van der Waals surface area contributed by atoms with Gasteiger partial charge in [-0.15, -0.1) is 0 Å². The van der Waals surface area contributed by atoms with Gasteiger partial charge >= 0.3 is 0 Å². The van der Waals surface area contributed by atoms with E-state index in [4.69, 9.17) is 0 Å². The van der Waals surface area contributed by atoms with Gasteiger partial charge in [-0.1, -0.05) is 0 Å². The molecule has 3 fully saturated rings. The highest BCUT2D eigenvalue weighted by Crippen LogP contribution is 2.31. The van der Waals surface area contributed by atoms with Crippen LogP contribution < -0.4 is 0 Å². The lowest BCUT2D eigenvalue weighted by Crippen LogP contribution is -2.46. The van der Waals surface area contributed by atoms with Crippen LogP contribution in [0.4, 0.5) is 0 Å². The lowest BCUT2D eigenvalue weighted by molar-refractivity contribution is 0.101. The van der Waals surface area contributed by atoms with E-state index in [1.54, 1.807) is 25.3 Å². The zero-order valence-corrected chi connectivity index (χ0v) is 16.3. The molecule has 4 heterocycles. The Morgan fingerprint density at radius 3 is 2.56 bits per heavy atom. The maximum atomic E-state index is 12.5. The molecule has 2 bridgehead atoms. The molecule has 3 aliphatic heterocycles. The summed E-state index contributed by atoms with van der Waals surface area (Å²) in [5.41, 5.74) is 1.83. The lowest BCUT2D eigenvalue weighted by Gasteiger charge is -2.36. The Morgan fingerprint density at radius 2 is 1.96 bits per heavy atom. The van der Waals surface area contributed by atoms with Crippen molar-refractivity contribution < 1.29 is 13.2 Å². The molecular weight excluding hydrogens is 340 g/mol. The molecule has 0 unspecified atom stereocenters. The standard InChI is InChI=1S/C17H28N4O3S/c1-13(22)15-7-17(19(4)10-15)11-20-8-14-5-6-16(20)12-21(9-14)25(23,24)18(2)3/h7,10,14,16H,5-6,8-9,11-12H2,1-4H3/t14-,16-/m0/s1. The van der Waals surface area contributed by atoms with Crippen LogP contribution in [0.15, 0.2) is 12.3 Å². The fourth-order valence-corrected chi connectivity index (χ4v) is 5.14. The Kier molecular flexibility index (Phi) is 5.07. The second-order valence-corrected chi connectivity index (χ2v) is 9.66. The minimum atomic E-state index is -3.37. The minimum Gasteiger partial charge on any atom is -0.353 e. The average molecular weight is 369 g/mol. The summed E-state index contributed by atoms with van der Waals surface area (Å²) in [6.45, 7) is 4.38. The number of carbonyl (C=O) groups excluding carboxylic acids is 1. The first-order valence-corrected chi connectivity index (χ1v) is 10.2. The Balaban J connectivity index is 1.78. The van der Waals surface area contributed by atoms with Crippen molar-refractivity contribution in [3.63, 3.8) is 0 Å². The first kappa shape index (κ1) is 18.6. The summed E-state index contributed by atoms with van der Waals surface area (Å²) >= 11 is 0. The molecule has 8 heteroatoms. The number of ketones is 1. The molecular formula is C17H28N4O3S. The normalized spacial score (nSPS) is 25.5. The highest BCUT2D eigenvalue weighted by molar-refractivity contribution is 7.86. The van der Waals surface area contributed by atoms with E-state index in [1.807, 2.05) is 23.9 Å². The molecule has 3 aliphatic rings. The van der Waals surface area contributed by atoms with Crippen molar-refractivity contribution >= 4 is 16.0 Å². The summed E-state index contributed by atoms with van der Waals surface area (Å²) < 4.78 is 30.0. The molecule has 2 atom stereocenters. The topological polar surface area (TPSA) is 65.9 Å². The number of hydrogen-bond donors (Lipinski definition) is 0. The zero-order chi connectivity index (χ0) is 18.4. The molecule has 0 N–H and O–H groups in total. The van der Waals surface area contributed by atoms with Crippen LogP contribution in [0.25, 0.3) is 0 Å². The van der Waals surface area contributed by atoms with Crippen molar-refractivity contribution in [1.29, 1.82) is 0 Å². The van der Waals surface area contributed by atoms with Crippen LogP contribution >= 0.6 is 0 Å². The molecule has 3 saturated heterocycles. The smallest absolute Gasteiger partial charge is 0.281 e. The van der Waals surface area contributed by atoms with Crippen molar-refractivity contribution in [1.82, 2.24) is 18.1 Å². The first-order valence-electron chi connectivity index (χ1n) is 8.76. The summed E-state index contributed by atoms with van der Waals surface area (Å²) in [7, 11) is 1.77. The third-order valence-electron chi connectivity index (χ3n) is 5.46. The Morgan fingerprint density at radius 1 is 1.24 bits per heavy atom. The molecule has 0 aliphatic carbocycles. The molecule has 7 nitrogen and oxygen atoms in total. The van der Waals surface area contributed by atoms with E-state index >= 15 is 0 Å². The SMILES string of the molecule is CC(=O)c1cc(CN2C[C@@H]3CC[C@H]2CN(S(=O)(=O)N(C)C)C3)n(C)c1. The van der Waals surface area contributed by atoms with Crippen LogP contribution in [0.5, 0.6) is 0 Å². The molecule has 0 spiro atoms. The fourth-order valence-electron chi connectivity index (χ4n) is 3.92. The van der Waals surface area contributed by atoms with Crippen molar-refractivity contribution in [2.75, 3.05) is 33.7 Å². The van der Waals surface area contributed by atoms with Crippen molar-refractivity contribution in [2.24, 2.45) is 13.0 Å². The van der Waals surface area contributed by atoms with Gasteiger partial charge in [0.25, 0.3) is 10.2 Å². The number of carbonyl (C=O) groups is 1.